The first-order valence-electron chi connectivity index (χ1n) is 17.2. The molecule has 0 unspecified atom stereocenters. The lowest BCUT2D eigenvalue weighted by Gasteiger charge is -2.27. The van der Waals surface area contributed by atoms with Crippen molar-refractivity contribution >= 4 is 28.0 Å². The van der Waals surface area contributed by atoms with Gasteiger partial charge in [-0.3, -0.25) is 4.90 Å². The number of phenols is 1. The van der Waals surface area contributed by atoms with Gasteiger partial charge in [-0.05, 0) is 69.8 Å². The number of rotatable bonds is 6. The number of aromatic hydroxyl groups is 1. The quantitative estimate of drug-likeness (QED) is 0.194. The third-order valence-electron chi connectivity index (χ3n) is 9.30. The van der Waals surface area contributed by atoms with Gasteiger partial charge in [-0.2, -0.15) is 0 Å². The van der Waals surface area contributed by atoms with Crippen molar-refractivity contribution in [1.82, 2.24) is 9.97 Å². The lowest BCUT2D eigenvalue weighted by atomic mass is 9.78. The smallest absolute Gasteiger partial charge is 0.137 e. The highest BCUT2D eigenvalue weighted by atomic mass is 16.3. The van der Waals surface area contributed by atoms with Crippen LogP contribution in [0.4, 0.5) is 17.2 Å². The van der Waals surface area contributed by atoms with Crippen molar-refractivity contribution in [2.45, 2.75) is 52.4 Å². The van der Waals surface area contributed by atoms with Crippen molar-refractivity contribution in [3.05, 3.63) is 157 Å². The van der Waals surface area contributed by atoms with Crippen LogP contribution in [0.15, 0.2) is 146 Å². The van der Waals surface area contributed by atoms with Crippen molar-refractivity contribution in [2.24, 2.45) is 0 Å². The molecule has 4 nitrogen and oxygen atoms in total. The van der Waals surface area contributed by atoms with Gasteiger partial charge in [0.25, 0.3) is 0 Å². The summed E-state index contributed by atoms with van der Waals surface area (Å²) in [5.41, 5.74) is 9.09. The number of phenolic OH excluding ortho intramolecular Hbond substituents is 1. The van der Waals surface area contributed by atoms with Crippen molar-refractivity contribution < 1.29 is 5.11 Å². The Balaban J connectivity index is 1.46. The van der Waals surface area contributed by atoms with Crippen LogP contribution in [-0.2, 0) is 10.8 Å². The third-order valence-corrected chi connectivity index (χ3v) is 9.30. The summed E-state index contributed by atoms with van der Waals surface area (Å²) in [5.74, 6) is 1.10. The summed E-state index contributed by atoms with van der Waals surface area (Å²) < 4.78 is 0. The number of benzene rings is 5. The van der Waals surface area contributed by atoms with E-state index in [0.29, 0.717) is 0 Å². The highest BCUT2D eigenvalue weighted by Crippen LogP contribution is 2.44. The Kier molecular flexibility index (Phi) is 8.49. The van der Waals surface area contributed by atoms with Crippen LogP contribution in [0.1, 0.15) is 52.7 Å². The molecule has 0 bridgehead atoms. The van der Waals surface area contributed by atoms with Crippen molar-refractivity contribution in [3.8, 4) is 39.4 Å². The molecule has 50 heavy (non-hydrogen) atoms. The fourth-order valence-corrected chi connectivity index (χ4v) is 6.59. The lowest BCUT2D eigenvalue weighted by molar-refractivity contribution is 0.446. The largest absolute Gasteiger partial charge is 0.507 e. The van der Waals surface area contributed by atoms with Crippen molar-refractivity contribution in [3.63, 3.8) is 0 Å². The first-order chi connectivity index (χ1) is 24.0. The molecule has 7 rings (SSSR count). The van der Waals surface area contributed by atoms with E-state index in [9.17, 15) is 5.11 Å². The van der Waals surface area contributed by atoms with Crippen LogP contribution in [0.25, 0.3) is 44.4 Å². The standard InChI is InChI=1S/C46H43N3O/c1-45(2,3)34-29-38(44(50)39(30-34)46(4,5)6)40-26-25-37(32-16-8-7-9-17-32)43(48-40)33-20-14-21-35(28-33)49(42-24-12-13-27-47-42)41-23-15-19-31-18-10-11-22-36(31)41/h7-30,50H,1-6H3. The van der Waals surface area contributed by atoms with E-state index in [1.54, 1.807) is 0 Å². The minimum absolute atomic E-state index is 0.111. The molecule has 0 radical (unpaired) electrons. The molecule has 0 saturated carbocycles. The predicted molar refractivity (Wildman–Crippen MR) is 210 cm³/mol. The maximum atomic E-state index is 11.8. The fourth-order valence-electron chi connectivity index (χ4n) is 6.59. The Morgan fingerprint density at radius 1 is 0.580 bits per heavy atom. The molecule has 0 atom stereocenters. The highest BCUT2D eigenvalue weighted by Gasteiger charge is 2.27. The molecule has 4 heteroatoms. The molecular formula is C46H43N3O. The number of hydrogen-bond acceptors (Lipinski definition) is 4. The maximum absolute atomic E-state index is 11.8. The number of fused-ring (bicyclic) bond motifs is 1. The monoisotopic (exact) mass is 653 g/mol. The van der Waals surface area contributed by atoms with E-state index in [2.05, 4.69) is 156 Å². The molecule has 0 amide bonds. The van der Waals surface area contributed by atoms with Gasteiger partial charge in [-0.25, -0.2) is 9.97 Å². The van der Waals surface area contributed by atoms with E-state index >= 15 is 0 Å². The summed E-state index contributed by atoms with van der Waals surface area (Å²) in [6.45, 7) is 13.1. The zero-order chi connectivity index (χ0) is 35.0. The van der Waals surface area contributed by atoms with E-state index in [1.807, 2.05) is 36.5 Å². The first-order valence-corrected chi connectivity index (χ1v) is 17.2. The number of pyridine rings is 2. The van der Waals surface area contributed by atoms with Crippen LogP contribution in [0.5, 0.6) is 5.75 Å². The SMILES string of the molecule is CC(C)(C)c1cc(-c2ccc(-c3ccccc3)c(-c3cccc(N(c4ccccn4)c4cccc5ccccc45)c3)n2)c(O)c(C(C)(C)C)c1. The zero-order valence-electron chi connectivity index (χ0n) is 29.6. The summed E-state index contributed by atoms with van der Waals surface area (Å²) in [4.78, 5) is 12.4. The lowest BCUT2D eigenvalue weighted by Crippen LogP contribution is -2.17. The molecular weight excluding hydrogens is 611 g/mol. The molecule has 248 valence electrons. The zero-order valence-corrected chi connectivity index (χ0v) is 29.6. The first kappa shape index (κ1) is 32.8. The van der Waals surface area contributed by atoms with E-state index < -0.39 is 0 Å². The molecule has 0 aliphatic heterocycles. The average molecular weight is 654 g/mol. The average Bonchev–Trinajstić information content (AvgIpc) is 3.12. The van der Waals surface area contributed by atoms with E-state index in [1.165, 1.54) is 0 Å². The molecule has 1 N–H and O–H groups in total. The van der Waals surface area contributed by atoms with Crippen LogP contribution < -0.4 is 4.90 Å². The number of nitrogens with zero attached hydrogens (tertiary/aromatic N) is 3. The molecule has 0 aliphatic rings. The Hall–Kier alpha value is -5.74. The van der Waals surface area contributed by atoms with E-state index in [-0.39, 0.29) is 16.6 Å². The maximum Gasteiger partial charge on any atom is 0.137 e. The van der Waals surface area contributed by atoms with Gasteiger partial charge in [0.2, 0.25) is 0 Å². The second kappa shape index (κ2) is 12.9. The fraction of sp³-hybridized carbons (Fsp3) is 0.174. The minimum atomic E-state index is -0.252. The molecule has 0 spiro atoms. The van der Waals surface area contributed by atoms with Gasteiger partial charge < -0.3 is 5.11 Å². The van der Waals surface area contributed by atoms with Crippen LogP contribution in [0.2, 0.25) is 0 Å². The highest BCUT2D eigenvalue weighted by molar-refractivity contribution is 5.99. The molecule has 0 fully saturated rings. The normalized spacial score (nSPS) is 11.9. The number of hydrogen-bond donors (Lipinski definition) is 1. The summed E-state index contributed by atoms with van der Waals surface area (Å²) in [6, 6.07) is 48.2. The van der Waals surface area contributed by atoms with Crippen molar-refractivity contribution in [1.29, 1.82) is 0 Å². The molecule has 7 aromatic rings. The summed E-state index contributed by atoms with van der Waals surface area (Å²) in [5, 5.41) is 14.1. The second-order valence-corrected chi connectivity index (χ2v) is 15.0. The van der Waals surface area contributed by atoms with Crippen LogP contribution in [-0.4, -0.2) is 15.1 Å². The predicted octanol–water partition coefficient (Wildman–Crippen LogP) is 12.4. The summed E-state index contributed by atoms with van der Waals surface area (Å²) >= 11 is 0. The van der Waals surface area contributed by atoms with Crippen LogP contribution in [0.3, 0.4) is 0 Å². The Morgan fingerprint density at radius 3 is 2.02 bits per heavy atom. The van der Waals surface area contributed by atoms with E-state index in [4.69, 9.17) is 9.97 Å². The number of aromatic nitrogens is 2. The molecule has 0 saturated heterocycles. The van der Waals surface area contributed by atoms with Gasteiger partial charge >= 0.3 is 0 Å². The second-order valence-electron chi connectivity index (χ2n) is 15.0. The van der Waals surface area contributed by atoms with Crippen LogP contribution in [0, 0.1) is 0 Å². The van der Waals surface area contributed by atoms with E-state index in [0.717, 1.165) is 72.7 Å². The number of anilines is 3. The summed E-state index contributed by atoms with van der Waals surface area (Å²) in [7, 11) is 0. The van der Waals surface area contributed by atoms with Crippen LogP contribution >= 0.6 is 0 Å². The summed E-state index contributed by atoms with van der Waals surface area (Å²) in [6.07, 6.45) is 1.83. The molecule has 2 aromatic heterocycles. The van der Waals surface area contributed by atoms with Gasteiger partial charge in [0.05, 0.1) is 17.1 Å². The third kappa shape index (κ3) is 6.37. The molecule has 0 aliphatic carbocycles. The Morgan fingerprint density at radius 2 is 1.28 bits per heavy atom. The van der Waals surface area contributed by atoms with Crippen molar-refractivity contribution in [2.75, 3.05) is 4.90 Å². The van der Waals surface area contributed by atoms with Gasteiger partial charge in [-0.15, -0.1) is 0 Å². The minimum Gasteiger partial charge on any atom is -0.507 e. The molecule has 2 heterocycles. The Bertz CT molecular complexity index is 2290. The van der Waals surface area contributed by atoms with Gasteiger partial charge in [0, 0.05) is 39.5 Å². The van der Waals surface area contributed by atoms with Gasteiger partial charge in [0.15, 0.2) is 0 Å². The van der Waals surface area contributed by atoms with Gasteiger partial charge in [0.1, 0.15) is 11.6 Å². The van der Waals surface area contributed by atoms with Gasteiger partial charge in [-0.1, -0.05) is 139 Å². The Labute approximate surface area is 295 Å². The molecule has 5 aromatic carbocycles. The topological polar surface area (TPSA) is 49.2 Å².